The normalized spacial score (nSPS) is 16.0. The average molecular weight is 451 g/mol. The summed E-state index contributed by atoms with van der Waals surface area (Å²) in [5.74, 6) is -0.138. The Labute approximate surface area is 187 Å². The molecule has 4 aromatic rings. The van der Waals surface area contributed by atoms with E-state index in [1.807, 2.05) is 36.4 Å². The van der Waals surface area contributed by atoms with E-state index >= 15 is 0 Å². The van der Waals surface area contributed by atoms with E-state index in [1.54, 1.807) is 41.4 Å². The number of hydrazone groups is 1. The first-order valence-corrected chi connectivity index (χ1v) is 10.4. The molecular formula is C24H16Cl2N2O3. The largest absolute Gasteiger partial charge is 0.506 e. The van der Waals surface area contributed by atoms with Crippen molar-refractivity contribution < 1.29 is 9.52 Å². The Morgan fingerprint density at radius 1 is 1.00 bits per heavy atom. The molecule has 0 fully saturated rings. The smallest absolute Gasteiger partial charge is 0.349 e. The highest BCUT2D eigenvalue weighted by Gasteiger charge is 2.34. The third-order valence-corrected chi connectivity index (χ3v) is 5.89. The van der Waals surface area contributed by atoms with Crippen LogP contribution in [0.2, 0.25) is 10.0 Å². The average Bonchev–Trinajstić information content (AvgIpc) is 3.19. The summed E-state index contributed by atoms with van der Waals surface area (Å²) in [4.78, 5) is 12.8. The van der Waals surface area contributed by atoms with Crippen LogP contribution in [0.15, 0.2) is 87.1 Å². The fourth-order valence-corrected chi connectivity index (χ4v) is 4.42. The van der Waals surface area contributed by atoms with Gasteiger partial charge < -0.3 is 9.52 Å². The van der Waals surface area contributed by atoms with Crippen LogP contribution < -0.4 is 10.6 Å². The molecule has 1 N–H and O–H groups in total. The molecule has 154 valence electrons. The van der Waals surface area contributed by atoms with Gasteiger partial charge in [-0.25, -0.2) is 4.79 Å². The van der Waals surface area contributed by atoms with E-state index in [2.05, 4.69) is 0 Å². The van der Waals surface area contributed by atoms with Crippen molar-refractivity contribution in [1.29, 1.82) is 0 Å². The molecule has 1 aromatic heterocycles. The van der Waals surface area contributed by atoms with Crippen LogP contribution in [0, 0.1) is 0 Å². The zero-order chi connectivity index (χ0) is 21.5. The topological polar surface area (TPSA) is 66.0 Å². The van der Waals surface area contributed by atoms with Gasteiger partial charge in [0.05, 0.1) is 22.8 Å². The zero-order valence-corrected chi connectivity index (χ0v) is 17.6. The second-order valence-corrected chi connectivity index (χ2v) is 8.07. The van der Waals surface area contributed by atoms with Crippen molar-refractivity contribution in [2.45, 2.75) is 12.5 Å². The van der Waals surface area contributed by atoms with Crippen molar-refractivity contribution in [2.75, 3.05) is 5.01 Å². The summed E-state index contributed by atoms with van der Waals surface area (Å²) in [5, 5.41) is 18.9. The van der Waals surface area contributed by atoms with Gasteiger partial charge in [0.2, 0.25) is 0 Å². The molecular weight excluding hydrogens is 435 g/mol. The summed E-state index contributed by atoms with van der Waals surface area (Å²) in [5.41, 5.74) is 1.83. The van der Waals surface area contributed by atoms with Crippen molar-refractivity contribution in [3.05, 3.63) is 104 Å². The number of hydrogen-bond acceptors (Lipinski definition) is 5. The minimum atomic E-state index is -0.634. The lowest BCUT2D eigenvalue weighted by Crippen LogP contribution is -2.19. The third-order valence-electron chi connectivity index (χ3n) is 5.33. The van der Waals surface area contributed by atoms with E-state index in [9.17, 15) is 9.90 Å². The van der Waals surface area contributed by atoms with Crippen molar-refractivity contribution in [3.63, 3.8) is 0 Å². The maximum absolute atomic E-state index is 12.8. The first kappa shape index (κ1) is 19.7. The summed E-state index contributed by atoms with van der Waals surface area (Å²) in [6.07, 6.45) is 0.354. The highest BCUT2D eigenvalue weighted by molar-refractivity contribution is 6.35. The second-order valence-electron chi connectivity index (χ2n) is 7.22. The van der Waals surface area contributed by atoms with Crippen molar-refractivity contribution >= 4 is 45.6 Å². The third kappa shape index (κ3) is 3.46. The molecule has 0 saturated heterocycles. The van der Waals surface area contributed by atoms with Crippen molar-refractivity contribution in [1.82, 2.24) is 0 Å². The monoisotopic (exact) mass is 450 g/mol. The molecule has 0 spiro atoms. The van der Waals surface area contributed by atoms with E-state index in [1.165, 1.54) is 0 Å². The minimum Gasteiger partial charge on any atom is -0.506 e. The van der Waals surface area contributed by atoms with Gasteiger partial charge in [-0.1, -0.05) is 59.6 Å². The maximum atomic E-state index is 12.8. The van der Waals surface area contributed by atoms with Crippen LogP contribution in [0.4, 0.5) is 5.69 Å². The predicted octanol–water partition coefficient (Wildman–Crippen LogP) is 6.16. The SMILES string of the molecule is O=c1oc2ccccc2c(O)c1C1=NN(c2ccccc2)[C@H](c2ccc(Cl)cc2Cl)C1. The molecule has 5 rings (SSSR count). The lowest BCUT2D eigenvalue weighted by Gasteiger charge is -2.24. The highest BCUT2D eigenvalue weighted by Crippen LogP contribution is 2.41. The van der Waals surface area contributed by atoms with Gasteiger partial charge in [-0.15, -0.1) is 0 Å². The molecule has 7 heteroatoms. The predicted molar refractivity (Wildman–Crippen MR) is 123 cm³/mol. The van der Waals surface area contributed by atoms with E-state index in [-0.39, 0.29) is 17.4 Å². The fraction of sp³-hybridized carbons (Fsp3) is 0.0833. The van der Waals surface area contributed by atoms with Gasteiger partial charge in [0, 0.05) is 16.5 Å². The number of benzene rings is 3. The molecule has 0 aliphatic carbocycles. The Hall–Kier alpha value is -3.28. The quantitative estimate of drug-likeness (QED) is 0.379. The Kier molecular flexibility index (Phi) is 4.93. The van der Waals surface area contributed by atoms with Crippen LogP contribution >= 0.6 is 23.2 Å². The van der Waals surface area contributed by atoms with Gasteiger partial charge in [-0.05, 0) is 42.0 Å². The van der Waals surface area contributed by atoms with E-state index in [0.29, 0.717) is 33.1 Å². The van der Waals surface area contributed by atoms with Gasteiger partial charge in [0.1, 0.15) is 16.9 Å². The molecule has 1 atom stereocenters. The van der Waals surface area contributed by atoms with E-state index in [4.69, 9.17) is 32.7 Å². The van der Waals surface area contributed by atoms with Gasteiger partial charge in [-0.2, -0.15) is 5.10 Å². The summed E-state index contributed by atoms with van der Waals surface area (Å²) in [7, 11) is 0. The Morgan fingerprint density at radius 2 is 1.74 bits per heavy atom. The first-order chi connectivity index (χ1) is 15.0. The maximum Gasteiger partial charge on any atom is 0.349 e. The second kappa shape index (κ2) is 7.76. The fourth-order valence-electron chi connectivity index (χ4n) is 3.88. The lowest BCUT2D eigenvalue weighted by molar-refractivity contribution is 0.466. The van der Waals surface area contributed by atoms with Gasteiger partial charge >= 0.3 is 5.63 Å². The lowest BCUT2D eigenvalue weighted by atomic mass is 9.97. The number of aromatic hydroxyl groups is 1. The van der Waals surface area contributed by atoms with Crippen LogP contribution in [-0.2, 0) is 0 Å². The number of para-hydroxylation sites is 2. The molecule has 1 aliphatic rings. The van der Waals surface area contributed by atoms with Gasteiger partial charge in [-0.3, -0.25) is 5.01 Å². The summed E-state index contributed by atoms with van der Waals surface area (Å²) in [6, 6.07) is 21.5. The summed E-state index contributed by atoms with van der Waals surface area (Å²) in [6.45, 7) is 0. The molecule has 0 radical (unpaired) electrons. The number of anilines is 1. The number of fused-ring (bicyclic) bond motifs is 1. The Morgan fingerprint density at radius 3 is 2.52 bits per heavy atom. The highest BCUT2D eigenvalue weighted by atomic mass is 35.5. The summed E-state index contributed by atoms with van der Waals surface area (Å²) >= 11 is 12.6. The summed E-state index contributed by atoms with van der Waals surface area (Å²) < 4.78 is 5.45. The standard InChI is InChI=1S/C24H16Cl2N2O3/c25-14-10-11-16(18(26)12-14)20-13-19(27-28(20)15-6-2-1-3-7-15)22-23(29)17-8-4-5-9-21(17)31-24(22)30/h1-12,20,29H,13H2/t20-/m0/s1. The van der Waals surface area contributed by atoms with Crippen LogP contribution in [0.25, 0.3) is 11.0 Å². The van der Waals surface area contributed by atoms with E-state index in [0.717, 1.165) is 11.3 Å². The molecule has 0 bridgehead atoms. The van der Waals surface area contributed by atoms with Crippen LogP contribution in [0.5, 0.6) is 5.75 Å². The van der Waals surface area contributed by atoms with Crippen LogP contribution in [-0.4, -0.2) is 10.8 Å². The molecule has 0 saturated carbocycles. The first-order valence-electron chi connectivity index (χ1n) is 9.65. The van der Waals surface area contributed by atoms with Crippen molar-refractivity contribution in [2.24, 2.45) is 5.10 Å². The zero-order valence-electron chi connectivity index (χ0n) is 16.1. The number of nitrogens with zero attached hydrogens (tertiary/aromatic N) is 2. The van der Waals surface area contributed by atoms with Crippen LogP contribution in [0.1, 0.15) is 23.6 Å². The van der Waals surface area contributed by atoms with Gasteiger partial charge in [0.25, 0.3) is 0 Å². The molecule has 31 heavy (non-hydrogen) atoms. The molecule has 5 nitrogen and oxygen atoms in total. The number of halogens is 2. The Balaban J connectivity index is 1.67. The molecule has 0 unspecified atom stereocenters. The Bertz CT molecular complexity index is 1380. The molecule has 2 heterocycles. The van der Waals surface area contributed by atoms with Crippen LogP contribution in [0.3, 0.4) is 0 Å². The minimum absolute atomic E-state index is 0.0622. The number of rotatable bonds is 3. The number of hydrogen-bond donors (Lipinski definition) is 1. The van der Waals surface area contributed by atoms with E-state index < -0.39 is 5.63 Å². The molecule has 1 aliphatic heterocycles. The molecule has 0 amide bonds. The van der Waals surface area contributed by atoms with Gasteiger partial charge in [0.15, 0.2) is 0 Å². The van der Waals surface area contributed by atoms with Crippen molar-refractivity contribution in [3.8, 4) is 5.75 Å². The molecule has 3 aromatic carbocycles.